The van der Waals surface area contributed by atoms with Gasteiger partial charge in [0.25, 0.3) is 0 Å². The van der Waals surface area contributed by atoms with Crippen LogP contribution in [0.1, 0.15) is 5.56 Å². The molecule has 0 saturated heterocycles. The van der Waals surface area contributed by atoms with Crippen LogP contribution >= 0.6 is 11.8 Å². The number of hydrogen-bond acceptors (Lipinski definition) is 9. The van der Waals surface area contributed by atoms with Crippen LogP contribution in [0.15, 0.2) is 22.6 Å². The largest absolute Gasteiger partial charge is 0.383 e. The van der Waals surface area contributed by atoms with Gasteiger partial charge in [-0.2, -0.15) is 0 Å². The van der Waals surface area contributed by atoms with Crippen molar-refractivity contribution >= 4 is 29.2 Å². The van der Waals surface area contributed by atoms with Gasteiger partial charge in [-0.05, 0) is 18.7 Å². The quantitative estimate of drug-likeness (QED) is 0.264. The predicted octanol–water partition coefficient (Wildman–Crippen LogP) is 0.176. The highest BCUT2D eigenvalue weighted by molar-refractivity contribution is 7.99. The summed E-state index contributed by atoms with van der Waals surface area (Å²) in [5.74, 6) is 6.51. The Kier molecular flexibility index (Phi) is 3.44. The molecular weight excluding hydrogens is 252 g/mol. The van der Waals surface area contributed by atoms with Gasteiger partial charge in [0, 0.05) is 11.6 Å². The number of rotatable bonds is 3. The topological polar surface area (TPSA) is 142 Å². The van der Waals surface area contributed by atoms with E-state index in [1.54, 1.807) is 0 Å². The zero-order chi connectivity index (χ0) is 13.1. The Hall–Kier alpha value is -2.13. The lowest BCUT2D eigenvalue weighted by Crippen LogP contribution is -2.11. The first-order valence-corrected chi connectivity index (χ1v) is 5.78. The molecule has 0 aliphatic carbocycles. The minimum absolute atomic E-state index is 0.314. The van der Waals surface area contributed by atoms with Crippen molar-refractivity contribution in [3.05, 3.63) is 18.0 Å². The normalized spacial score (nSPS) is 10.3. The molecule has 2 rings (SSSR count). The Bertz CT molecular complexity index is 552. The highest BCUT2D eigenvalue weighted by atomic mass is 32.2. The summed E-state index contributed by atoms with van der Waals surface area (Å²) in [5, 5.41) is 1.11. The van der Waals surface area contributed by atoms with Crippen LogP contribution in [0.2, 0.25) is 0 Å². The molecule has 2 aromatic rings. The van der Waals surface area contributed by atoms with Gasteiger partial charge in [-0.1, -0.05) is 0 Å². The van der Waals surface area contributed by atoms with Crippen LogP contribution in [0.5, 0.6) is 0 Å². The highest BCUT2D eigenvalue weighted by Crippen LogP contribution is 2.28. The van der Waals surface area contributed by atoms with E-state index >= 15 is 0 Å². The summed E-state index contributed by atoms with van der Waals surface area (Å²) in [7, 11) is 0. The van der Waals surface area contributed by atoms with E-state index in [1.165, 1.54) is 24.2 Å². The molecule has 0 fully saturated rings. The van der Waals surface area contributed by atoms with E-state index < -0.39 is 0 Å². The van der Waals surface area contributed by atoms with E-state index in [1.807, 2.05) is 6.92 Å². The average molecular weight is 264 g/mol. The van der Waals surface area contributed by atoms with Crippen molar-refractivity contribution in [3.8, 4) is 0 Å². The van der Waals surface area contributed by atoms with E-state index in [4.69, 9.17) is 17.3 Å². The number of nitrogen functional groups attached to an aromatic ring is 3. The van der Waals surface area contributed by atoms with Gasteiger partial charge in [0.2, 0.25) is 0 Å². The second-order valence-electron chi connectivity index (χ2n) is 3.40. The monoisotopic (exact) mass is 264 g/mol. The van der Waals surface area contributed by atoms with Gasteiger partial charge in [-0.25, -0.2) is 25.8 Å². The summed E-state index contributed by atoms with van der Waals surface area (Å²) in [6.45, 7) is 1.84. The third-order valence-corrected chi connectivity index (χ3v) is 3.08. The molecule has 94 valence electrons. The summed E-state index contributed by atoms with van der Waals surface area (Å²) < 4.78 is 0. The van der Waals surface area contributed by atoms with Crippen LogP contribution in [0.25, 0.3) is 0 Å². The number of aromatic nitrogens is 4. The minimum atomic E-state index is 0.314. The molecule has 0 spiro atoms. The lowest BCUT2D eigenvalue weighted by atomic mass is 10.3. The fourth-order valence-corrected chi connectivity index (χ4v) is 2.10. The summed E-state index contributed by atoms with van der Waals surface area (Å²) >= 11 is 1.24. The number of hydrogen-bond donors (Lipinski definition) is 4. The van der Waals surface area contributed by atoms with Crippen molar-refractivity contribution in [1.82, 2.24) is 19.9 Å². The van der Waals surface area contributed by atoms with Crippen molar-refractivity contribution in [2.45, 2.75) is 17.1 Å². The molecule has 0 amide bonds. The van der Waals surface area contributed by atoms with Gasteiger partial charge in [0.1, 0.15) is 28.8 Å². The van der Waals surface area contributed by atoms with Crippen LogP contribution < -0.4 is 22.7 Å². The first-order valence-electron chi connectivity index (χ1n) is 4.96. The third-order valence-electron chi connectivity index (χ3n) is 2.11. The second kappa shape index (κ2) is 5.02. The van der Waals surface area contributed by atoms with Crippen LogP contribution in [0, 0.1) is 6.92 Å². The number of hydrazine groups is 1. The van der Waals surface area contributed by atoms with Gasteiger partial charge in [0.15, 0.2) is 5.16 Å². The molecule has 2 aromatic heterocycles. The Morgan fingerprint density at radius 1 is 1.17 bits per heavy atom. The minimum Gasteiger partial charge on any atom is -0.383 e. The first kappa shape index (κ1) is 12.3. The van der Waals surface area contributed by atoms with E-state index in [9.17, 15) is 0 Å². The van der Waals surface area contributed by atoms with Crippen molar-refractivity contribution in [3.63, 3.8) is 0 Å². The molecule has 0 aliphatic rings. The number of nitrogens with two attached hydrogens (primary N) is 3. The fourth-order valence-electron chi connectivity index (χ4n) is 1.28. The van der Waals surface area contributed by atoms with Crippen LogP contribution in [0.4, 0.5) is 17.5 Å². The maximum absolute atomic E-state index is 5.60. The Morgan fingerprint density at radius 2 is 1.83 bits per heavy atom. The van der Waals surface area contributed by atoms with Crippen LogP contribution in [-0.4, -0.2) is 19.9 Å². The summed E-state index contributed by atoms with van der Waals surface area (Å²) in [4.78, 5) is 16.2. The van der Waals surface area contributed by atoms with Crippen molar-refractivity contribution in [1.29, 1.82) is 0 Å². The van der Waals surface area contributed by atoms with Gasteiger partial charge in [-0.15, -0.1) is 0 Å². The lowest BCUT2D eigenvalue weighted by molar-refractivity contribution is 0.956. The van der Waals surface area contributed by atoms with E-state index in [0.717, 1.165) is 5.56 Å². The standard InChI is InChI=1S/C9H12N8S/c1-4-7(17-12)13-3-14-8(4)18-9-15-5(10)2-6(11)16-9/h2-3H,12H2,1H3,(H,13,14,17)(H4,10,11,15,16). The van der Waals surface area contributed by atoms with Gasteiger partial charge in [-0.3, -0.25) is 0 Å². The molecule has 0 saturated carbocycles. The maximum atomic E-state index is 5.60. The molecule has 0 unspecified atom stereocenters. The van der Waals surface area contributed by atoms with Crippen molar-refractivity contribution < 1.29 is 0 Å². The second-order valence-corrected chi connectivity index (χ2v) is 4.36. The Labute approximate surface area is 107 Å². The smallest absolute Gasteiger partial charge is 0.197 e. The zero-order valence-electron chi connectivity index (χ0n) is 9.58. The van der Waals surface area contributed by atoms with E-state index in [0.29, 0.717) is 27.6 Å². The van der Waals surface area contributed by atoms with E-state index in [-0.39, 0.29) is 0 Å². The highest BCUT2D eigenvalue weighted by Gasteiger charge is 2.10. The predicted molar refractivity (Wildman–Crippen MR) is 69.6 cm³/mol. The SMILES string of the molecule is Cc1c(NN)ncnc1Sc1nc(N)cc(N)n1. The molecule has 9 heteroatoms. The summed E-state index contributed by atoms with van der Waals surface area (Å²) in [5.41, 5.74) is 14.5. The van der Waals surface area contributed by atoms with Crippen molar-refractivity contribution in [2.75, 3.05) is 16.9 Å². The summed E-state index contributed by atoms with van der Waals surface area (Å²) in [6.07, 6.45) is 1.40. The number of nitrogens with one attached hydrogen (secondary N) is 1. The Morgan fingerprint density at radius 3 is 2.44 bits per heavy atom. The van der Waals surface area contributed by atoms with E-state index in [2.05, 4.69) is 25.4 Å². The average Bonchev–Trinajstić information content (AvgIpc) is 2.30. The van der Waals surface area contributed by atoms with Gasteiger partial charge in [0.05, 0.1) is 0 Å². The van der Waals surface area contributed by atoms with Gasteiger partial charge >= 0.3 is 0 Å². The molecular formula is C9H12N8S. The molecule has 0 bridgehead atoms. The molecule has 18 heavy (non-hydrogen) atoms. The number of nitrogens with zero attached hydrogens (tertiary/aromatic N) is 4. The molecule has 0 aliphatic heterocycles. The molecule has 0 aromatic carbocycles. The fraction of sp³-hybridized carbons (Fsp3) is 0.111. The van der Waals surface area contributed by atoms with Crippen LogP contribution in [-0.2, 0) is 0 Å². The first-order chi connectivity index (χ1) is 8.60. The number of anilines is 3. The maximum Gasteiger partial charge on any atom is 0.197 e. The Balaban J connectivity index is 2.34. The molecule has 0 atom stereocenters. The molecule has 7 N–H and O–H groups in total. The van der Waals surface area contributed by atoms with Gasteiger partial charge < -0.3 is 16.9 Å². The van der Waals surface area contributed by atoms with Crippen molar-refractivity contribution in [2.24, 2.45) is 5.84 Å². The molecule has 2 heterocycles. The zero-order valence-corrected chi connectivity index (χ0v) is 10.4. The van der Waals surface area contributed by atoms with Crippen LogP contribution in [0.3, 0.4) is 0 Å². The molecule has 8 nitrogen and oxygen atoms in total. The third kappa shape index (κ3) is 2.57. The lowest BCUT2D eigenvalue weighted by Gasteiger charge is -2.07. The molecule has 0 radical (unpaired) electrons. The summed E-state index contributed by atoms with van der Waals surface area (Å²) in [6, 6.07) is 1.49.